The molecular formula is C18H21N3S. The number of benzene rings is 1. The van der Waals surface area contributed by atoms with Crippen molar-refractivity contribution >= 4 is 28.1 Å². The third-order valence-corrected chi connectivity index (χ3v) is 4.72. The van der Waals surface area contributed by atoms with Crippen LogP contribution in [0.4, 0.5) is 5.82 Å². The lowest BCUT2D eigenvalue weighted by molar-refractivity contribution is 0.607. The van der Waals surface area contributed by atoms with Gasteiger partial charge in [-0.3, -0.25) is 0 Å². The molecule has 3 nitrogen and oxygen atoms in total. The lowest BCUT2D eigenvalue weighted by Crippen LogP contribution is -2.06. The largest absolute Gasteiger partial charge is 0.369 e. The number of hydrogen-bond donors (Lipinski definition) is 1. The molecule has 0 aliphatic heterocycles. The van der Waals surface area contributed by atoms with Gasteiger partial charge in [-0.05, 0) is 49.1 Å². The van der Waals surface area contributed by atoms with Crippen molar-refractivity contribution in [3.8, 4) is 10.4 Å². The topological polar surface area (TPSA) is 37.8 Å². The van der Waals surface area contributed by atoms with Crippen LogP contribution >= 0.6 is 11.3 Å². The molecule has 22 heavy (non-hydrogen) atoms. The average Bonchev–Trinajstić information content (AvgIpc) is 2.93. The highest BCUT2D eigenvalue weighted by Crippen LogP contribution is 2.31. The molecule has 4 heteroatoms. The van der Waals surface area contributed by atoms with E-state index in [1.807, 2.05) is 11.3 Å². The van der Waals surface area contributed by atoms with Crippen molar-refractivity contribution < 1.29 is 0 Å². The summed E-state index contributed by atoms with van der Waals surface area (Å²) in [5.41, 5.74) is 2.21. The third kappa shape index (κ3) is 3.28. The Morgan fingerprint density at radius 2 is 2.00 bits per heavy atom. The highest BCUT2D eigenvalue weighted by Gasteiger charge is 2.07. The minimum absolute atomic E-state index is 0.685. The molecule has 2 heterocycles. The van der Waals surface area contributed by atoms with Crippen LogP contribution in [0.2, 0.25) is 0 Å². The van der Waals surface area contributed by atoms with Crippen molar-refractivity contribution in [2.24, 2.45) is 5.92 Å². The van der Waals surface area contributed by atoms with Gasteiger partial charge < -0.3 is 5.32 Å². The van der Waals surface area contributed by atoms with Crippen molar-refractivity contribution in [3.05, 3.63) is 41.5 Å². The number of aromatic nitrogens is 2. The maximum absolute atomic E-state index is 4.42. The molecule has 0 unspecified atom stereocenters. The number of thiophene rings is 1. The Morgan fingerprint density at radius 1 is 1.14 bits per heavy atom. The maximum atomic E-state index is 4.42. The van der Waals surface area contributed by atoms with Crippen molar-refractivity contribution in [3.63, 3.8) is 0 Å². The molecule has 3 aromatic rings. The molecule has 0 bridgehead atoms. The van der Waals surface area contributed by atoms with Gasteiger partial charge in [0.25, 0.3) is 0 Å². The second-order valence-corrected chi connectivity index (χ2v) is 7.26. The summed E-state index contributed by atoms with van der Waals surface area (Å²) in [6.07, 6.45) is 2.77. The van der Waals surface area contributed by atoms with Crippen LogP contribution in [0.15, 0.2) is 36.7 Å². The van der Waals surface area contributed by atoms with Gasteiger partial charge in [0.2, 0.25) is 0 Å². The van der Waals surface area contributed by atoms with E-state index >= 15 is 0 Å². The van der Waals surface area contributed by atoms with Crippen LogP contribution in [-0.4, -0.2) is 16.5 Å². The van der Waals surface area contributed by atoms with E-state index in [0.717, 1.165) is 29.7 Å². The van der Waals surface area contributed by atoms with Crippen molar-refractivity contribution in [2.75, 3.05) is 11.9 Å². The molecule has 0 atom stereocenters. The monoisotopic (exact) mass is 311 g/mol. The van der Waals surface area contributed by atoms with Gasteiger partial charge in [-0.15, -0.1) is 11.3 Å². The molecule has 0 radical (unpaired) electrons. The summed E-state index contributed by atoms with van der Waals surface area (Å²) in [4.78, 5) is 11.4. The molecule has 1 N–H and O–H groups in total. The second kappa shape index (κ2) is 6.44. The number of nitrogens with one attached hydrogen (secondary N) is 1. The van der Waals surface area contributed by atoms with Gasteiger partial charge in [0.1, 0.15) is 12.1 Å². The van der Waals surface area contributed by atoms with Crippen LogP contribution in [0.1, 0.15) is 25.1 Å². The fourth-order valence-corrected chi connectivity index (χ4v) is 3.28. The highest BCUT2D eigenvalue weighted by atomic mass is 32.1. The Bertz CT molecular complexity index is 777. The molecule has 0 fully saturated rings. The molecule has 2 aromatic heterocycles. The smallest absolute Gasteiger partial charge is 0.137 e. The van der Waals surface area contributed by atoms with Crippen molar-refractivity contribution in [2.45, 2.75) is 27.2 Å². The minimum atomic E-state index is 0.685. The summed E-state index contributed by atoms with van der Waals surface area (Å²) in [6, 6.07) is 10.7. The summed E-state index contributed by atoms with van der Waals surface area (Å²) < 4.78 is 0. The Kier molecular flexibility index (Phi) is 4.39. The predicted molar refractivity (Wildman–Crippen MR) is 95.5 cm³/mol. The Labute approximate surface area is 135 Å². The van der Waals surface area contributed by atoms with Gasteiger partial charge in [0.15, 0.2) is 0 Å². The van der Waals surface area contributed by atoms with E-state index in [-0.39, 0.29) is 0 Å². The number of rotatable bonds is 5. The molecule has 3 rings (SSSR count). The molecule has 0 spiro atoms. The van der Waals surface area contributed by atoms with Crippen molar-refractivity contribution in [1.82, 2.24) is 9.97 Å². The number of aryl methyl sites for hydroxylation is 1. The Morgan fingerprint density at radius 3 is 2.73 bits per heavy atom. The number of anilines is 1. The number of nitrogens with zero attached hydrogens (tertiary/aromatic N) is 2. The first kappa shape index (κ1) is 15.0. The molecule has 0 saturated heterocycles. The maximum Gasteiger partial charge on any atom is 0.137 e. The van der Waals surface area contributed by atoms with Gasteiger partial charge in [0.05, 0.1) is 5.52 Å². The molecule has 0 aliphatic carbocycles. The van der Waals surface area contributed by atoms with Gasteiger partial charge in [-0.1, -0.05) is 19.9 Å². The molecular weight excluding hydrogens is 290 g/mol. The van der Waals surface area contributed by atoms with Crippen LogP contribution in [0.5, 0.6) is 0 Å². The van der Waals surface area contributed by atoms with Crippen LogP contribution in [0.3, 0.4) is 0 Å². The minimum Gasteiger partial charge on any atom is -0.369 e. The Hall–Kier alpha value is -1.94. The summed E-state index contributed by atoms with van der Waals surface area (Å²) >= 11 is 1.82. The van der Waals surface area contributed by atoms with E-state index in [4.69, 9.17) is 0 Å². The van der Waals surface area contributed by atoms with E-state index in [1.165, 1.54) is 15.3 Å². The van der Waals surface area contributed by atoms with Crippen LogP contribution in [-0.2, 0) is 0 Å². The summed E-state index contributed by atoms with van der Waals surface area (Å²) in [5, 5.41) is 4.55. The van der Waals surface area contributed by atoms with Gasteiger partial charge >= 0.3 is 0 Å². The zero-order chi connectivity index (χ0) is 15.5. The van der Waals surface area contributed by atoms with Crippen LogP contribution in [0, 0.1) is 12.8 Å². The molecule has 0 saturated carbocycles. The molecule has 0 amide bonds. The quantitative estimate of drug-likeness (QED) is 0.710. The zero-order valence-corrected chi connectivity index (χ0v) is 14.1. The zero-order valence-electron chi connectivity index (χ0n) is 13.3. The summed E-state index contributed by atoms with van der Waals surface area (Å²) in [5.74, 6) is 1.62. The summed E-state index contributed by atoms with van der Waals surface area (Å²) in [7, 11) is 0. The van der Waals surface area contributed by atoms with E-state index in [1.54, 1.807) is 6.33 Å². The fraction of sp³-hybridized carbons (Fsp3) is 0.333. The number of hydrogen-bond acceptors (Lipinski definition) is 4. The van der Waals surface area contributed by atoms with E-state index in [2.05, 4.69) is 66.4 Å². The van der Waals surface area contributed by atoms with Crippen LogP contribution in [0.25, 0.3) is 21.3 Å². The SMILES string of the molecule is Cc1ccc(-c2ccc3ncnc(NCCC(C)C)c3c2)s1. The summed E-state index contributed by atoms with van der Waals surface area (Å²) in [6.45, 7) is 7.54. The predicted octanol–water partition coefficient (Wildman–Crippen LogP) is 5.12. The molecule has 0 aliphatic rings. The average molecular weight is 311 g/mol. The second-order valence-electron chi connectivity index (χ2n) is 5.97. The Balaban J connectivity index is 1.95. The number of fused-ring (bicyclic) bond motifs is 1. The van der Waals surface area contributed by atoms with Crippen molar-refractivity contribution in [1.29, 1.82) is 0 Å². The van der Waals surface area contributed by atoms with Gasteiger partial charge in [0, 0.05) is 21.7 Å². The van der Waals surface area contributed by atoms with Gasteiger partial charge in [-0.25, -0.2) is 9.97 Å². The van der Waals surface area contributed by atoms with E-state index < -0.39 is 0 Å². The molecule has 114 valence electrons. The highest BCUT2D eigenvalue weighted by molar-refractivity contribution is 7.15. The standard InChI is InChI=1S/C18H21N3S/c1-12(2)8-9-19-18-15-10-14(17-7-4-13(3)22-17)5-6-16(15)20-11-21-18/h4-7,10-12H,8-9H2,1-3H3,(H,19,20,21). The van der Waals surface area contributed by atoms with E-state index in [9.17, 15) is 0 Å². The lowest BCUT2D eigenvalue weighted by atomic mass is 10.1. The molecule has 1 aromatic carbocycles. The first-order valence-corrected chi connectivity index (χ1v) is 8.50. The third-order valence-electron chi connectivity index (χ3n) is 3.67. The van der Waals surface area contributed by atoms with Gasteiger partial charge in [-0.2, -0.15) is 0 Å². The fourth-order valence-electron chi connectivity index (χ4n) is 2.42. The first-order valence-electron chi connectivity index (χ1n) is 7.69. The van der Waals surface area contributed by atoms with Crippen LogP contribution < -0.4 is 5.32 Å². The van der Waals surface area contributed by atoms with E-state index in [0.29, 0.717) is 5.92 Å². The lowest BCUT2D eigenvalue weighted by Gasteiger charge is -2.10. The first-order chi connectivity index (χ1) is 10.6. The normalized spacial score (nSPS) is 11.3.